The number of amides is 1. The molecule has 28 heavy (non-hydrogen) atoms. The number of H-pyrrole nitrogens is 1. The van der Waals surface area contributed by atoms with Crippen LogP contribution in [0, 0.1) is 5.82 Å². The van der Waals surface area contributed by atoms with Crippen molar-refractivity contribution in [3.63, 3.8) is 0 Å². The van der Waals surface area contributed by atoms with Gasteiger partial charge in [-0.3, -0.25) is 9.89 Å². The fraction of sp³-hybridized carbons (Fsp3) is 0.190. The molecule has 1 amide bonds. The third-order valence-corrected chi connectivity index (χ3v) is 5.39. The van der Waals surface area contributed by atoms with Crippen LogP contribution in [0.3, 0.4) is 0 Å². The molecule has 0 bridgehead atoms. The van der Waals surface area contributed by atoms with Gasteiger partial charge in [-0.05, 0) is 42.2 Å². The molecule has 7 heteroatoms. The van der Waals surface area contributed by atoms with E-state index in [1.54, 1.807) is 18.2 Å². The third kappa shape index (κ3) is 4.86. The van der Waals surface area contributed by atoms with E-state index in [1.165, 1.54) is 23.9 Å². The number of carbonyl (C=O) groups is 1. The molecule has 1 aromatic heterocycles. The average molecular weight is 394 g/mol. The third-order valence-electron chi connectivity index (χ3n) is 4.27. The van der Waals surface area contributed by atoms with Crippen LogP contribution in [0.4, 0.5) is 4.39 Å². The molecule has 1 saturated carbocycles. The molecule has 0 aliphatic heterocycles. The Hall–Kier alpha value is -2.93. The van der Waals surface area contributed by atoms with Crippen LogP contribution in [-0.2, 0) is 4.79 Å². The molecule has 1 heterocycles. The summed E-state index contributed by atoms with van der Waals surface area (Å²) in [5.74, 6) is 0.278. The number of carbonyl (C=O) groups excluding carboxylic acids is 1. The van der Waals surface area contributed by atoms with Gasteiger partial charge in [0.05, 0.1) is 0 Å². The zero-order valence-electron chi connectivity index (χ0n) is 15.0. The average Bonchev–Trinajstić information content (AvgIpc) is 3.41. The minimum atomic E-state index is -0.411. The van der Waals surface area contributed by atoms with Crippen molar-refractivity contribution in [1.82, 2.24) is 20.5 Å². The fourth-order valence-corrected chi connectivity index (χ4v) is 3.57. The molecule has 1 aliphatic rings. The van der Waals surface area contributed by atoms with Crippen molar-refractivity contribution in [3.05, 3.63) is 77.4 Å². The van der Waals surface area contributed by atoms with Gasteiger partial charge in [-0.2, -0.15) is 0 Å². The highest BCUT2D eigenvalue weighted by Gasteiger charge is 2.29. The molecule has 1 fully saturated rings. The number of aromatic amines is 1. The molecule has 142 valence electrons. The van der Waals surface area contributed by atoms with Crippen LogP contribution in [0.25, 0.3) is 12.2 Å². The molecule has 1 aliphatic carbocycles. The topological polar surface area (TPSA) is 70.7 Å². The van der Waals surface area contributed by atoms with Crippen LogP contribution in [0.1, 0.15) is 35.0 Å². The minimum absolute atomic E-state index is 0.0214. The van der Waals surface area contributed by atoms with Gasteiger partial charge < -0.3 is 5.32 Å². The molecule has 2 aromatic carbocycles. The summed E-state index contributed by atoms with van der Waals surface area (Å²) in [6.07, 6.45) is 5.67. The number of thioether (sulfide) groups is 1. The van der Waals surface area contributed by atoms with Crippen molar-refractivity contribution < 1.29 is 9.18 Å². The molecular formula is C21H19FN4OS. The maximum absolute atomic E-state index is 13.0. The van der Waals surface area contributed by atoms with Crippen LogP contribution in [0.15, 0.2) is 59.8 Å². The number of nitrogens with zero attached hydrogens (tertiary/aromatic N) is 2. The number of halogens is 1. The Bertz CT molecular complexity index is 968. The molecule has 1 unspecified atom stereocenters. The van der Waals surface area contributed by atoms with E-state index in [1.807, 2.05) is 36.4 Å². The summed E-state index contributed by atoms with van der Waals surface area (Å²) < 4.78 is 13.0. The minimum Gasteiger partial charge on any atom is -0.352 e. The largest absolute Gasteiger partial charge is 0.352 e. The van der Waals surface area contributed by atoms with Crippen molar-refractivity contribution in [3.8, 4) is 0 Å². The van der Waals surface area contributed by atoms with Crippen molar-refractivity contribution in [2.45, 2.75) is 29.3 Å². The molecule has 2 N–H and O–H groups in total. The maximum atomic E-state index is 13.0. The summed E-state index contributed by atoms with van der Waals surface area (Å²) in [4.78, 5) is 17.1. The second-order valence-corrected chi connectivity index (χ2v) is 7.65. The van der Waals surface area contributed by atoms with E-state index in [0.29, 0.717) is 17.0 Å². The number of aromatic nitrogens is 3. The number of benzene rings is 2. The van der Waals surface area contributed by atoms with Crippen molar-refractivity contribution >= 4 is 29.8 Å². The lowest BCUT2D eigenvalue weighted by molar-refractivity contribution is -0.120. The van der Waals surface area contributed by atoms with Crippen molar-refractivity contribution in [2.75, 3.05) is 0 Å². The molecule has 5 nitrogen and oxygen atoms in total. The first-order chi connectivity index (χ1) is 13.7. The van der Waals surface area contributed by atoms with Crippen LogP contribution in [0.2, 0.25) is 0 Å². The lowest BCUT2D eigenvalue weighted by Gasteiger charge is -2.15. The Morgan fingerprint density at radius 3 is 2.61 bits per heavy atom. The van der Waals surface area contributed by atoms with Crippen molar-refractivity contribution in [2.24, 2.45) is 0 Å². The smallest absolute Gasteiger partial charge is 0.238 e. The fourth-order valence-electron chi connectivity index (χ4n) is 2.65. The highest BCUT2D eigenvalue weighted by atomic mass is 32.2. The van der Waals surface area contributed by atoms with E-state index in [0.717, 1.165) is 24.0 Å². The zero-order chi connectivity index (χ0) is 19.3. The first-order valence-corrected chi connectivity index (χ1v) is 9.93. The van der Waals surface area contributed by atoms with E-state index in [2.05, 4.69) is 20.5 Å². The quantitative estimate of drug-likeness (QED) is 0.589. The van der Waals surface area contributed by atoms with Crippen molar-refractivity contribution in [1.29, 1.82) is 0 Å². The van der Waals surface area contributed by atoms with Gasteiger partial charge in [0, 0.05) is 6.04 Å². The van der Waals surface area contributed by atoms with E-state index in [4.69, 9.17) is 0 Å². The summed E-state index contributed by atoms with van der Waals surface area (Å²) >= 11 is 1.32. The highest BCUT2D eigenvalue weighted by Crippen LogP contribution is 2.34. The van der Waals surface area contributed by atoms with Gasteiger partial charge in [0.15, 0.2) is 0 Å². The first-order valence-electron chi connectivity index (χ1n) is 9.05. The summed E-state index contributed by atoms with van der Waals surface area (Å²) in [7, 11) is 0. The Morgan fingerprint density at radius 1 is 1.14 bits per heavy atom. The van der Waals surface area contributed by atoms with E-state index in [9.17, 15) is 9.18 Å². The predicted octanol–water partition coefficient (Wildman–Crippen LogP) is 4.23. The molecule has 0 saturated heterocycles. The lowest BCUT2D eigenvalue weighted by atomic mass is 10.1. The zero-order valence-corrected chi connectivity index (χ0v) is 15.8. The molecule has 0 radical (unpaired) electrons. The van der Waals surface area contributed by atoms with Gasteiger partial charge in [0.2, 0.25) is 11.1 Å². The standard InChI is InChI=1S/C21H19FN4OS/c22-16-9-6-14(7-10-16)8-13-18-24-21(26-25-18)28-19(15-4-2-1-3-5-15)20(27)23-17-11-12-17/h1-10,13,17,19H,11-12H2,(H,23,27)(H,24,25,26)/b13-8+. The van der Waals surface area contributed by atoms with E-state index >= 15 is 0 Å². The first kappa shape index (κ1) is 18.4. The van der Waals surface area contributed by atoms with Gasteiger partial charge in [-0.1, -0.05) is 60.3 Å². The van der Waals surface area contributed by atoms with Gasteiger partial charge in [-0.15, -0.1) is 5.10 Å². The van der Waals surface area contributed by atoms with Gasteiger partial charge >= 0.3 is 0 Å². The highest BCUT2D eigenvalue weighted by molar-refractivity contribution is 8.00. The molecule has 4 rings (SSSR count). The van der Waals surface area contributed by atoms with Crippen LogP contribution in [-0.4, -0.2) is 27.1 Å². The van der Waals surface area contributed by atoms with E-state index < -0.39 is 5.25 Å². The van der Waals surface area contributed by atoms with Gasteiger partial charge in [0.25, 0.3) is 0 Å². The van der Waals surface area contributed by atoms with Crippen LogP contribution in [0.5, 0.6) is 0 Å². The Labute approximate surface area is 166 Å². The van der Waals surface area contributed by atoms with Crippen LogP contribution >= 0.6 is 11.8 Å². The van der Waals surface area contributed by atoms with E-state index in [-0.39, 0.29) is 11.7 Å². The second-order valence-electron chi connectivity index (χ2n) is 6.58. The maximum Gasteiger partial charge on any atom is 0.238 e. The number of rotatable bonds is 7. The Balaban J connectivity index is 1.47. The molecule has 0 spiro atoms. The Morgan fingerprint density at radius 2 is 1.89 bits per heavy atom. The SMILES string of the molecule is O=C(NC1CC1)C(Sc1n[nH]c(/C=C/c2ccc(F)cc2)n1)c1ccccc1. The lowest BCUT2D eigenvalue weighted by Crippen LogP contribution is -2.29. The summed E-state index contributed by atoms with van der Waals surface area (Å²) in [6.45, 7) is 0. The van der Waals surface area contributed by atoms with Gasteiger partial charge in [0.1, 0.15) is 16.9 Å². The normalized spacial score (nSPS) is 14.9. The van der Waals surface area contributed by atoms with Gasteiger partial charge in [-0.25, -0.2) is 9.37 Å². The predicted molar refractivity (Wildman–Crippen MR) is 108 cm³/mol. The molecular weight excluding hydrogens is 375 g/mol. The Kier molecular flexibility index (Phi) is 5.53. The monoisotopic (exact) mass is 394 g/mol. The summed E-state index contributed by atoms with van der Waals surface area (Å²) in [5.41, 5.74) is 1.77. The summed E-state index contributed by atoms with van der Waals surface area (Å²) in [5, 5.41) is 10.2. The molecule has 3 aromatic rings. The van der Waals surface area contributed by atoms with Crippen LogP contribution < -0.4 is 5.32 Å². The number of hydrogen-bond donors (Lipinski definition) is 2. The summed E-state index contributed by atoms with van der Waals surface area (Å²) in [6, 6.07) is 16.1. The number of nitrogens with one attached hydrogen (secondary N) is 2. The molecule has 1 atom stereocenters. The number of hydrogen-bond acceptors (Lipinski definition) is 4. The second kappa shape index (κ2) is 8.39.